The van der Waals surface area contributed by atoms with Crippen LogP contribution in [0.1, 0.15) is 27.7 Å². The van der Waals surface area contributed by atoms with Crippen LogP contribution >= 0.6 is 11.3 Å². The molecule has 0 aliphatic rings. The van der Waals surface area contributed by atoms with Crippen LogP contribution in [-0.4, -0.2) is 32.7 Å². The van der Waals surface area contributed by atoms with Crippen LogP contribution in [-0.2, 0) is 9.53 Å². The maximum atomic E-state index is 12.1. The molecule has 0 saturated heterocycles. The number of methoxy groups -OCH3 is 2. The van der Waals surface area contributed by atoms with Gasteiger partial charge in [0, 0.05) is 6.08 Å². The minimum atomic E-state index is -0.378. The average Bonchev–Trinajstić information content (AvgIpc) is 3.00. The molecule has 1 N–H and O–H groups in total. The van der Waals surface area contributed by atoms with Crippen LogP contribution in [0.2, 0.25) is 0 Å². The molecule has 26 heavy (non-hydrogen) atoms. The topological polar surface area (TPSA) is 73.9 Å². The number of esters is 1. The Kier molecular flexibility index (Phi) is 6.80. The summed E-state index contributed by atoms with van der Waals surface area (Å²) in [6, 6.07) is 7.11. The third kappa shape index (κ3) is 4.86. The van der Waals surface area contributed by atoms with E-state index < -0.39 is 0 Å². The fourth-order valence-corrected chi connectivity index (χ4v) is 3.20. The van der Waals surface area contributed by atoms with Crippen molar-refractivity contribution in [2.45, 2.75) is 13.8 Å². The van der Waals surface area contributed by atoms with Crippen LogP contribution in [0.5, 0.6) is 11.5 Å². The molecule has 0 aliphatic heterocycles. The summed E-state index contributed by atoms with van der Waals surface area (Å²) >= 11 is 1.19. The first-order chi connectivity index (χ1) is 12.5. The summed E-state index contributed by atoms with van der Waals surface area (Å²) in [5, 5.41) is 3.34. The monoisotopic (exact) mass is 375 g/mol. The molecule has 0 spiro atoms. The molecule has 0 saturated carbocycles. The second-order valence-corrected chi connectivity index (χ2v) is 6.33. The number of carbonyl (C=O) groups is 2. The number of amides is 1. The minimum absolute atomic E-state index is 0.295. The molecule has 0 aliphatic carbocycles. The van der Waals surface area contributed by atoms with E-state index in [1.165, 1.54) is 17.4 Å². The molecule has 0 bridgehead atoms. The smallest absolute Gasteiger partial charge is 0.348 e. The predicted octanol–water partition coefficient (Wildman–Crippen LogP) is 3.90. The van der Waals surface area contributed by atoms with Crippen LogP contribution in [0.3, 0.4) is 0 Å². The third-order valence-electron chi connectivity index (χ3n) is 3.46. The SMILES string of the molecule is CCOC(=O)c1sc(NC(=O)C=Cc2ccc(OC)c(OC)c2)cc1C. The van der Waals surface area contributed by atoms with E-state index in [-0.39, 0.29) is 11.9 Å². The predicted molar refractivity (Wildman–Crippen MR) is 102 cm³/mol. The van der Waals surface area contributed by atoms with Gasteiger partial charge in [0.2, 0.25) is 5.91 Å². The molecule has 0 atom stereocenters. The molecule has 7 heteroatoms. The summed E-state index contributed by atoms with van der Waals surface area (Å²) in [6.07, 6.45) is 3.09. The Morgan fingerprint density at radius 1 is 1.15 bits per heavy atom. The van der Waals surface area contributed by atoms with E-state index in [1.807, 2.05) is 6.07 Å². The molecule has 6 nitrogen and oxygen atoms in total. The van der Waals surface area contributed by atoms with E-state index in [0.29, 0.717) is 28.0 Å². The molecule has 0 radical (unpaired) electrons. The van der Waals surface area contributed by atoms with Crippen molar-refractivity contribution in [1.29, 1.82) is 0 Å². The minimum Gasteiger partial charge on any atom is -0.493 e. The van der Waals surface area contributed by atoms with Crippen molar-refractivity contribution in [3.05, 3.63) is 46.3 Å². The van der Waals surface area contributed by atoms with Gasteiger partial charge in [0.1, 0.15) is 4.88 Å². The molecule has 2 aromatic rings. The molecule has 1 aromatic carbocycles. The Bertz CT molecular complexity index is 825. The maximum absolute atomic E-state index is 12.1. The molecule has 1 heterocycles. The van der Waals surface area contributed by atoms with Crippen LogP contribution in [0.15, 0.2) is 30.3 Å². The quantitative estimate of drug-likeness (QED) is 0.587. The van der Waals surface area contributed by atoms with Gasteiger partial charge >= 0.3 is 5.97 Å². The van der Waals surface area contributed by atoms with Crippen molar-refractivity contribution in [2.75, 3.05) is 26.1 Å². The number of thiophene rings is 1. The molecule has 2 rings (SSSR count). The lowest BCUT2D eigenvalue weighted by Crippen LogP contribution is -2.06. The maximum Gasteiger partial charge on any atom is 0.348 e. The number of hydrogen-bond donors (Lipinski definition) is 1. The largest absolute Gasteiger partial charge is 0.493 e. The van der Waals surface area contributed by atoms with E-state index in [0.717, 1.165) is 11.1 Å². The Labute approximate surface area is 156 Å². The lowest BCUT2D eigenvalue weighted by molar-refractivity contribution is -0.111. The van der Waals surface area contributed by atoms with Gasteiger partial charge in [-0.2, -0.15) is 0 Å². The van der Waals surface area contributed by atoms with Gasteiger partial charge in [0.05, 0.1) is 25.8 Å². The summed E-state index contributed by atoms with van der Waals surface area (Å²) in [4.78, 5) is 24.4. The molecule has 0 unspecified atom stereocenters. The Morgan fingerprint density at radius 3 is 2.54 bits per heavy atom. The van der Waals surface area contributed by atoms with Gasteiger partial charge in [-0.3, -0.25) is 4.79 Å². The fourth-order valence-electron chi connectivity index (χ4n) is 2.23. The Morgan fingerprint density at radius 2 is 1.88 bits per heavy atom. The Hall–Kier alpha value is -2.80. The van der Waals surface area contributed by atoms with E-state index >= 15 is 0 Å². The summed E-state index contributed by atoms with van der Waals surface area (Å²) in [5.74, 6) is 0.533. The second kappa shape index (κ2) is 9.05. The fraction of sp³-hybridized carbons (Fsp3) is 0.263. The van der Waals surface area contributed by atoms with Crippen molar-refractivity contribution in [1.82, 2.24) is 0 Å². The first-order valence-electron chi connectivity index (χ1n) is 7.97. The first kappa shape index (κ1) is 19.5. The average molecular weight is 375 g/mol. The number of aryl methyl sites for hydroxylation is 1. The van der Waals surface area contributed by atoms with Gasteiger partial charge in [-0.15, -0.1) is 11.3 Å². The molecule has 1 aromatic heterocycles. The molecular formula is C19H21NO5S. The van der Waals surface area contributed by atoms with E-state index in [2.05, 4.69) is 5.32 Å². The van der Waals surface area contributed by atoms with E-state index in [4.69, 9.17) is 14.2 Å². The highest BCUT2D eigenvalue weighted by atomic mass is 32.1. The molecule has 138 valence electrons. The molecule has 0 fully saturated rings. The van der Waals surface area contributed by atoms with Crippen LogP contribution in [0.25, 0.3) is 6.08 Å². The number of hydrogen-bond acceptors (Lipinski definition) is 6. The zero-order chi connectivity index (χ0) is 19.1. The van der Waals surface area contributed by atoms with Crippen LogP contribution in [0.4, 0.5) is 5.00 Å². The third-order valence-corrected chi connectivity index (χ3v) is 4.59. The number of carbonyl (C=O) groups excluding carboxylic acids is 2. The lowest BCUT2D eigenvalue weighted by atomic mass is 10.2. The van der Waals surface area contributed by atoms with Gasteiger partial charge in [-0.25, -0.2) is 4.79 Å². The van der Waals surface area contributed by atoms with Gasteiger partial charge < -0.3 is 19.5 Å². The van der Waals surface area contributed by atoms with Crippen molar-refractivity contribution in [3.63, 3.8) is 0 Å². The van der Waals surface area contributed by atoms with Crippen molar-refractivity contribution >= 4 is 34.3 Å². The van der Waals surface area contributed by atoms with Crippen molar-refractivity contribution < 1.29 is 23.8 Å². The summed E-state index contributed by atoms with van der Waals surface area (Å²) in [6.45, 7) is 3.87. The highest BCUT2D eigenvalue weighted by Gasteiger charge is 2.15. The molecule has 1 amide bonds. The normalized spacial score (nSPS) is 10.6. The second-order valence-electron chi connectivity index (χ2n) is 5.28. The lowest BCUT2D eigenvalue weighted by Gasteiger charge is -2.07. The zero-order valence-corrected chi connectivity index (χ0v) is 15.9. The number of ether oxygens (including phenoxy) is 3. The number of nitrogens with one attached hydrogen (secondary N) is 1. The number of rotatable bonds is 7. The number of benzene rings is 1. The van der Waals surface area contributed by atoms with Gasteiger partial charge in [0.15, 0.2) is 11.5 Å². The van der Waals surface area contributed by atoms with Crippen LogP contribution in [0, 0.1) is 6.92 Å². The standard InChI is InChI=1S/C19H21NO5S/c1-5-25-19(22)18-12(2)10-17(26-18)20-16(21)9-7-13-6-8-14(23-3)15(11-13)24-4/h6-11H,5H2,1-4H3,(H,20,21). The van der Waals surface area contributed by atoms with Gasteiger partial charge in [-0.1, -0.05) is 6.07 Å². The first-order valence-corrected chi connectivity index (χ1v) is 8.78. The van der Waals surface area contributed by atoms with Gasteiger partial charge in [0.25, 0.3) is 0 Å². The highest BCUT2D eigenvalue weighted by Crippen LogP contribution is 2.29. The van der Waals surface area contributed by atoms with Crippen molar-refractivity contribution in [2.24, 2.45) is 0 Å². The zero-order valence-electron chi connectivity index (χ0n) is 15.1. The summed E-state index contributed by atoms with van der Waals surface area (Å²) in [5.41, 5.74) is 1.57. The Balaban J connectivity index is 2.06. The number of anilines is 1. The highest BCUT2D eigenvalue weighted by molar-refractivity contribution is 7.18. The van der Waals surface area contributed by atoms with Gasteiger partial charge in [-0.05, 0) is 49.2 Å². The molecular weight excluding hydrogens is 354 g/mol. The summed E-state index contributed by atoms with van der Waals surface area (Å²) < 4.78 is 15.4. The summed E-state index contributed by atoms with van der Waals surface area (Å²) in [7, 11) is 3.12. The van der Waals surface area contributed by atoms with Crippen molar-refractivity contribution in [3.8, 4) is 11.5 Å². The van der Waals surface area contributed by atoms with E-state index in [1.54, 1.807) is 52.3 Å². The van der Waals surface area contributed by atoms with Crippen LogP contribution < -0.4 is 14.8 Å². The van der Waals surface area contributed by atoms with E-state index in [9.17, 15) is 9.59 Å².